The number of fused-ring (bicyclic) bond motifs is 1. The number of allylic oxidation sites excluding steroid dienone is 1. The van der Waals surface area contributed by atoms with Crippen LogP contribution in [0.1, 0.15) is 54.9 Å². The summed E-state index contributed by atoms with van der Waals surface area (Å²) in [7, 11) is -3.48. The number of piperidine rings is 1. The molecule has 0 radical (unpaired) electrons. The third-order valence-corrected chi connectivity index (χ3v) is 8.93. The topological polar surface area (TPSA) is 118 Å². The second-order valence-corrected chi connectivity index (χ2v) is 12.3. The molecule has 206 valence electrons. The number of aliphatic carboxylic acids is 1. The lowest BCUT2D eigenvalue weighted by molar-refractivity contribution is -0.137. The van der Waals surface area contributed by atoms with E-state index in [1.54, 1.807) is 51.5 Å². The maximum Gasteiger partial charge on any atom is 0.338 e. The molecular formula is C29H33N2O7S+. The number of nitrogens with zero attached hydrogens (tertiary/aromatic N) is 2. The predicted molar refractivity (Wildman–Crippen MR) is 147 cm³/mol. The molecule has 3 aromatic rings. The number of esters is 1. The number of carbonyl (C=O) groups is 2. The highest BCUT2D eigenvalue weighted by molar-refractivity contribution is 7.95. The normalized spacial score (nSPS) is 19.0. The second kappa shape index (κ2) is 11.0. The zero-order valence-electron chi connectivity index (χ0n) is 22.0. The van der Waals surface area contributed by atoms with Gasteiger partial charge in [-0.05, 0) is 72.7 Å². The Morgan fingerprint density at radius 2 is 1.90 bits per heavy atom. The molecular weight excluding hydrogens is 520 g/mol. The Morgan fingerprint density at radius 3 is 2.56 bits per heavy atom. The van der Waals surface area contributed by atoms with Crippen molar-refractivity contribution in [3.63, 3.8) is 0 Å². The van der Waals surface area contributed by atoms with Gasteiger partial charge in [-0.1, -0.05) is 16.4 Å². The molecule has 1 saturated heterocycles. The molecule has 0 amide bonds. The molecule has 2 heterocycles. The van der Waals surface area contributed by atoms with Crippen molar-refractivity contribution in [2.45, 2.75) is 56.6 Å². The number of benzene rings is 2. The SMILES string of the molecule is CC(C)Oc1ccc([S+](=O)(O)N2CCCC(c3cn(CC(=O)O)c4cc(C(=O)OCC5=CC5)ccc34)C2)cc1. The number of carboxylic acids is 1. The lowest BCUT2D eigenvalue weighted by atomic mass is 9.91. The summed E-state index contributed by atoms with van der Waals surface area (Å²) in [6, 6.07) is 11.8. The van der Waals surface area contributed by atoms with Crippen LogP contribution in [0, 0.1) is 0 Å². The van der Waals surface area contributed by atoms with E-state index >= 15 is 0 Å². The van der Waals surface area contributed by atoms with Gasteiger partial charge in [-0.25, -0.2) is 4.79 Å². The van der Waals surface area contributed by atoms with Crippen LogP contribution in [0.15, 0.2) is 65.2 Å². The molecule has 1 aromatic heterocycles. The first kappa shape index (κ1) is 27.1. The van der Waals surface area contributed by atoms with E-state index in [0.29, 0.717) is 41.2 Å². The van der Waals surface area contributed by atoms with Crippen molar-refractivity contribution in [2.24, 2.45) is 0 Å². The number of hydrogen-bond donors (Lipinski definition) is 2. The van der Waals surface area contributed by atoms with E-state index in [4.69, 9.17) is 9.47 Å². The fourth-order valence-corrected chi connectivity index (χ4v) is 6.57. The number of carboxylic acid groups (broad SMARTS) is 1. The average molecular weight is 554 g/mol. The van der Waals surface area contributed by atoms with E-state index in [0.717, 1.165) is 29.4 Å². The molecule has 9 nitrogen and oxygen atoms in total. The monoisotopic (exact) mass is 553 g/mol. The first-order valence-electron chi connectivity index (χ1n) is 13.1. The van der Waals surface area contributed by atoms with Crippen molar-refractivity contribution in [3.05, 3.63) is 71.4 Å². The summed E-state index contributed by atoms with van der Waals surface area (Å²) in [5.74, 6) is -0.907. The van der Waals surface area contributed by atoms with Crippen LogP contribution in [-0.4, -0.2) is 56.3 Å². The molecule has 0 bridgehead atoms. The number of rotatable bonds is 10. The highest BCUT2D eigenvalue weighted by atomic mass is 32.3. The standard InChI is InChI=1S/C29H32N2O7S/c1-19(2)38-23-8-10-24(11-9-23)39(35,36)31-13-3-4-22(15-31)26-16-30(17-28(32)33)27-14-21(7-12-25(26)27)29(34)37-18-20-5-6-20/h5,7-12,14,16,19,22H,3-4,6,13,15,17-18H2,1-2H3,(H-,32,33,35,36)/p+1. The van der Waals surface area contributed by atoms with Crippen LogP contribution in [0.3, 0.4) is 0 Å². The van der Waals surface area contributed by atoms with Gasteiger partial charge in [-0.15, -0.1) is 0 Å². The molecule has 2 N–H and O–H groups in total. The summed E-state index contributed by atoms with van der Waals surface area (Å²) < 4.78 is 39.0. The lowest BCUT2D eigenvalue weighted by Gasteiger charge is -2.29. The smallest absolute Gasteiger partial charge is 0.338 e. The lowest BCUT2D eigenvalue weighted by Crippen LogP contribution is -2.42. The number of carbonyl (C=O) groups excluding carboxylic acids is 1. The van der Waals surface area contributed by atoms with Crippen LogP contribution in [0.4, 0.5) is 0 Å². The zero-order valence-corrected chi connectivity index (χ0v) is 22.9. The Labute approximate surface area is 228 Å². The van der Waals surface area contributed by atoms with Crippen molar-refractivity contribution in [1.82, 2.24) is 8.87 Å². The quantitative estimate of drug-likeness (QED) is 0.203. The van der Waals surface area contributed by atoms with E-state index < -0.39 is 22.3 Å². The summed E-state index contributed by atoms with van der Waals surface area (Å²) in [5.41, 5.74) is 2.96. The summed E-state index contributed by atoms with van der Waals surface area (Å²) in [4.78, 5) is 24.5. The maximum atomic E-state index is 13.6. The van der Waals surface area contributed by atoms with E-state index in [-0.39, 0.29) is 25.2 Å². The minimum absolute atomic E-state index is 0.00237. The van der Waals surface area contributed by atoms with Crippen molar-refractivity contribution in [3.8, 4) is 5.75 Å². The van der Waals surface area contributed by atoms with Crippen LogP contribution >= 0.6 is 0 Å². The van der Waals surface area contributed by atoms with Crippen LogP contribution < -0.4 is 4.74 Å². The van der Waals surface area contributed by atoms with Gasteiger partial charge in [0.15, 0.2) is 0 Å². The van der Waals surface area contributed by atoms with Gasteiger partial charge in [0.1, 0.15) is 18.9 Å². The molecule has 1 aliphatic heterocycles. The molecule has 1 aliphatic carbocycles. The van der Waals surface area contributed by atoms with Crippen LogP contribution in [-0.2, 0) is 30.7 Å². The van der Waals surface area contributed by atoms with Gasteiger partial charge in [0.2, 0.25) is 4.90 Å². The minimum atomic E-state index is -3.48. The number of ether oxygens (including phenoxy) is 2. The summed E-state index contributed by atoms with van der Waals surface area (Å²) in [6.07, 6.45) is 6.17. The van der Waals surface area contributed by atoms with Gasteiger partial charge < -0.3 is 19.1 Å². The van der Waals surface area contributed by atoms with Gasteiger partial charge in [-0.2, -0.15) is 4.55 Å². The third kappa shape index (κ3) is 6.08. The summed E-state index contributed by atoms with van der Waals surface area (Å²) in [6.45, 7) is 4.65. The molecule has 2 atom stereocenters. The summed E-state index contributed by atoms with van der Waals surface area (Å²) in [5, 5.41) is 10.3. The van der Waals surface area contributed by atoms with Crippen molar-refractivity contribution >= 4 is 33.2 Å². The molecule has 5 rings (SSSR count). The predicted octanol–water partition coefficient (Wildman–Crippen LogP) is 5.13. The van der Waals surface area contributed by atoms with Gasteiger partial charge >= 0.3 is 22.3 Å². The number of hydrogen-bond acceptors (Lipinski definition) is 5. The van der Waals surface area contributed by atoms with Crippen LogP contribution in [0.5, 0.6) is 5.75 Å². The van der Waals surface area contributed by atoms with Crippen molar-refractivity contribution < 1.29 is 32.9 Å². The average Bonchev–Trinajstić information content (AvgIpc) is 3.67. The molecule has 0 saturated carbocycles. The number of aromatic nitrogens is 1. The third-order valence-electron chi connectivity index (χ3n) is 7.01. The molecule has 1 fully saturated rings. The largest absolute Gasteiger partial charge is 0.491 e. The fraction of sp³-hybridized carbons (Fsp3) is 0.379. The Bertz CT molecular complexity index is 1470. The molecule has 10 heteroatoms. The van der Waals surface area contributed by atoms with E-state index in [1.165, 1.54) is 0 Å². The van der Waals surface area contributed by atoms with Gasteiger partial charge in [-0.3, -0.25) is 4.79 Å². The van der Waals surface area contributed by atoms with E-state index in [1.807, 2.05) is 26.0 Å². The Balaban J connectivity index is 1.40. The fourth-order valence-electron chi connectivity index (χ4n) is 5.02. The molecule has 2 aliphatic rings. The molecule has 39 heavy (non-hydrogen) atoms. The second-order valence-electron chi connectivity index (χ2n) is 10.3. The van der Waals surface area contributed by atoms with Crippen LogP contribution in [0.2, 0.25) is 0 Å². The zero-order chi connectivity index (χ0) is 27.7. The Morgan fingerprint density at radius 1 is 1.15 bits per heavy atom. The highest BCUT2D eigenvalue weighted by Gasteiger charge is 2.42. The molecule has 2 unspecified atom stereocenters. The molecule has 0 spiro atoms. The van der Waals surface area contributed by atoms with Gasteiger partial charge in [0.05, 0.1) is 18.2 Å². The van der Waals surface area contributed by atoms with Crippen molar-refractivity contribution in [1.29, 1.82) is 0 Å². The molecule has 2 aromatic carbocycles. The van der Waals surface area contributed by atoms with Crippen molar-refractivity contribution in [2.75, 3.05) is 19.7 Å². The highest BCUT2D eigenvalue weighted by Crippen LogP contribution is 2.37. The first-order valence-corrected chi connectivity index (χ1v) is 14.6. The van der Waals surface area contributed by atoms with E-state index in [2.05, 4.69) is 0 Å². The Kier molecular flexibility index (Phi) is 7.61. The van der Waals surface area contributed by atoms with Gasteiger partial charge in [0.25, 0.3) is 0 Å². The minimum Gasteiger partial charge on any atom is -0.491 e. The van der Waals surface area contributed by atoms with E-state index in [9.17, 15) is 23.5 Å². The maximum absolute atomic E-state index is 13.6. The summed E-state index contributed by atoms with van der Waals surface area (Å²) >= 11 is 0. The van der Waals surface area contributed by atoms with Gasteiger partial charge in [0, 0.05) is 41.7 Å². The van der Waals surface area contributed by atoms with Crippen LogP contribution in [0.25, 0.3) is 10.9 Å². The first-order chi connectivity index (χ1) is 18.6. The Hall–Kier alpha value is -3.47.